The number of nitrogens with zero attached hydrogens (tertiary/aromatic N) is 1. The number of carbonyl (C=O) groups excluding carboxylic acids is 1. The first-order valence-corrected chi connectivity index (χ1v) is 5.47. The average Bonchev–Trinajstić information content (AvgIpc) is 2.26. The van der Waals surface area contributed by atoms with Gasteiger partial charge < -0.3 is 0 Å². The Morgan fingerprint density at radius 2 is 2.31 bits per heavy atom. The second-order valence-electron chi connectivity index (χ2n) is 2.73. The largest absolute Gasteiger partial charge is 0.294 e. The average molecular weight is 262 g/mol. The van der Waals surface area contributed by atoms with Crippen molar-refractivity contribution >= 4 is 35.0 Å². The van der Waals surface area contributed by atoms with Gasteiger partial charge in [0.1, 0.15) is 0 Å². The molecular formula is C8H8ClN3O3S. The van der Waals surface area contributed by atoms with Crippen molar-refractivity contribution in [2.45, 2.75) is 4.90 Å². The molecule has 0 bridgehead atoms. The van der Waals surface area contributed by atoms with E-state index in [1.165, 1.54) is 18.2 Å². The van der Waals surface area contributed by atoms with Crippen LogP contribution in [0, 0.1) is 10.1 Å². The summed E-state index contributed by atoms with van der Waals surface area (Å²) >= 11 is 6.97. The predicted octanol–water partition coefficient (Wildman–Crippen LogP) is 1.33. The van der Waals surface area contributed by atoms with Crippen molar-refractivity contribution in [1.82, 2.24) is 5.43 Å². The number of hydrogen-bond donors (Lipinski definition) is 2. The number of nitro groups is 1. The van der Waals surface area contributed by atoms with Crippen molar-refractivity contribution < 1.29 is 9.72 Å². The molecule has 16 heavy (non-hydrogen) atoms. The van der Waals surface area contributed by atoms with Gasteiger partial charge in [-0.1, -0.05) is 11.6 Å². The zero-order chi connectivity index (χ0) is 12.1. The number of nitrogens with one attached hydrogen (secondary N) is 1. The van der Waals surface area contributed by atoms with Crippen LogP contribution in [0.15, 0.2) is 23.1 Å². The lowest BCUT2D eigenvalue weighted by atomic mass is 10.3. The van der Waals surface area contributed by atoms with Gasteiger partial charge in [-0.2, -0.15) is 0 Å². The molecule has 86 valence electrons. The lowest BCUT2D eigenvalue weighted by Gasteiger charge is -2.02. The molecule has 0 saturated carbocycles. The zero-order valence-electron chi connectivity index (χ0n) is 7.97. The van der Waals surface area contributed by atoms with E-state index >= 15 is 0 Å². The fraction of sp³-hybridized carbons (Fsp3) is 0.125. The Bertz CT molecular complexity index is 427. The Balaban J connectivity index is 2.75. The fourth-order valence-corrected chi connectivity index (χ4v) is 1.97. The highest BCUT2D eigenvalue weighted by Gasteiger charge is 2.10. The number of carbonyl (C=O) groups is 1. The molecule has 0 unspecified atom stereocenters. The third-order valence-corrected chi connectivity index (χ3v) is 3.14. The number of halogens is 1. The second kappa shape index (κ2) is 5.69. The van der Waals surface area contributed by atoms with Crippen molar-refractivity contribution in [2.24, 2.45) is 5.84 Å². The van der Waals surface area contributed by atoms with Gasteiger partial charge in [0.15, 0.2) is 0 Å². The van der Waals surface area contributed by atoms with Gasteiger partial charge in [-0.25, -0.2) is 5.84 Å². The minimum absolute atomic E-state index is 0.0855. The zero-order valence-corrected chi connectivity index (χ0v) is 9.55. The molecule has 0 aliphatic rings. The van der Waals surface area contributed by atoms with E-state index in [9.17, 15) is 14.9 Å². The summed E-state index contributed by atoms with van der Waals surface area (Å²) in [7, 11) is 0. The lowest BCUT2D eigenvalue weighted by molar-refractivity contribution is -0.384. The van der Waals surface area contributed by atoms with Gasteiger partial charge >= 0.3 is 0 Å². The second-order valence-corrected chi connectivity index (χ2v) is 4.15. The highest BCUT2D eigenvalue weighted by atomic mass is 35.5. The Morgan fingerprint density at radius 3 is 2.81 bits per heavy atom. The van der Waals surface area contributed by atoms with Crippen LogP contribution in [-0.2, 0) is 4.79 Å². The molecule has 1 rings (SSSR count). The molecule has 1 amide bonds. The van der Waals surface area contributed by atoms with Crippen molar-refractivity contribution in [3.63, 3.8) is 0 Å². The van der Waals surface area contributed by atoms with Crippen molar-refractivity contribution in [1.29, 1.82) is 0 Å². The van der Waals surface area contributed by atoms with Gasteiger partial charge in [-0.15, -0.1) is 11.8 Å². The van der Waals surface area contributed by atoms with Gasteiger partial charge in [-0.05, 0) is 6.07 Å². The van der Waals surface area contributed by atoms with E-state index in [1.807, 2.05) is 5.43 Å². The van der Waals surface area contributed by atoms with Crippen molar-refractivity contribution in [3.05, 3.63) is 33.3 Å². The van der Waals surface area contributed by atoms with Gasteiger partial charge in [0.25, 0.3) is 5.69 Å². The van der Waals surface area contributed by atoms with Crippen LogP contribution in [0.3, 0.4) is 0 Å². The maximum Gasteiger partial charge on any atom is 0.270 e. The van der Waals surface area contributed by atoms with Crippen LogP contribution in [0.1, 0.15) is 0 Å². The minimum atomic E-state index is -0.535. The number of rotatable bonds is 4. The van der Waals surface area contributed by atoms with E-state index in [-0.39, 0.29) is 22.4 Å². The first kappa shape index (κ1) is 12.8. The Morgan fingerprint density at radius 1 is 1.62 bits per heavy atom. The van der Waals surface area contributed by atoms with Crippen molar-refractivity contribution in [2.75, 3.05) is 5.75 Å². The molecule has 8 heteroatoms. The molecule has 0 saturated heterocycles. The van der Waals surface area contributed by atoms with E-state index < -0.39 is 4.92 Å². The number of nitro benzene ring substituents is 1. The van der Waals surface area contributed by atoms with E-state index in [0.29, 0.717) is 4.90 Å². The number of amides is 1. The van der Waals surface area contributed by atoms with Crippen LogP contribution in [0.2, 0.25) is 5.02 Å². The molecule has 1 aromatic rings. The first-order chi connectivity index (χ1) is 7.54. The number of benzene rings is 1. The maximum atomic E-state index is 10.9. The molecule has 6 nitrogen and oxygen atoms in total. The molecule has 0 heterocycles. The smallest absolute Gasteiger partial charge is 0.270 e. The molecular weight excluding hydrogens is 254 g/mol. The summed E-state index contributed by atoms with van der Waals surface area (Å²) in [4.78, 5) is 21.4. The molecule has 0 fully saturated rings. The highest BCUT2D eigenvalue weighted by Crippen LogP contribution is 2.30. The molecule has 0 aliphatic carbocycles. The Kier molecular flexibility index (Phi) is 4.53. The molecule has 0 spiro atoms. The monoisotopic (exact) mass is 261 g/mol. The summed E-state index contributed by atoms with van der Waals surface area (Å²) in [5, 5.41) is 10.7. The highest BCUT2D eigenvalue weighted by molar-refractivity contribution is 8.00. The third kappa shape index (κ3) is 3.37. The SMILES string of the molecule is NNC(=O)CSc1ccc([N+](=O)[O-])cc1Cl. The fourth-order valence-electron chi connectivity index (χ4n) is 0.905. The van der Waals surface area contributed by atoms with Gasteiger partial charge in [0, 0.05) is 17.0 Å². The van der Waals surface area contributed by atoms with E-state index in [0.717, 1.165) is 11.8 Å². The predicted molar refractivity (Wildman–Crippen MR) is 61.2 cm³/mol. The van der Waals surface area contributed by atoms with Crippen LogP contribution in [0.5, 0.6) is 0 Å². The maximum absolute atomic E-state index is 10.9. The van der Waals surface area contributed by atoms with Gasteiger partial charge in [0.05, 0.1) is 15.7 Å². The normalized spacial score (nSPS) is 9.88. The lowest BCUT2D eigenvalue weighted by Crippen LogP contribution is -2.31. The Labute approximate surface area is 100 Å². The molecule has 1 aromatic carbocycles. The molecule has 0 atom stereocenters. The third-order valence-electron chi connectivity index (χ3n) is 1.65. The number of nitrogens with two attached hydrogens (primary N) is 1. The van der Waals surface area contributed by atoms with Crippen molar-refractivity contribution in [3.8, 4) is 0 Å². The number of hydrogen-bond acceptors (Lipinski definition) is 5. The van der Waals surface area contributed by atoms with Gasteiger partial charge in [-0.3, -0.25) is 20.3 Å². The molecule has 3 N–H and O–H groups in total. The summed E-state index contributed by atoms with van der Waals surface area (Å²) in [5.41, 5.74) is 1.89. The summed E-state index contributed by atoms with van der Waals surface area (Å²) in [6, 6.07) is 4.06. The van der Waals surface area contributed by atoms with E-state index in [2.05, 4.69) is 0 Å². The van der Waals surface area contributed by atoms with Gasteiger partial charge in [0.2, 0.25) is 5.91 Å². The standard InChI is InChI=1S/C8H8ClN3O3S/c9-6-3-5(12(14)15)1-2-7(6)16-4-8(13)11-10/h1-3H,4,10H2,(H,11,13). The minimum Gasteiger partial charge on any atom is -0.294 e. The molecule has 0 aliphatic heterocycles. The van der Waals surface area contributed by atoms with Crippen LogP contribution < -0.4 is 11.3 Å². The number of non-ortho nitro benzene ring substituents is 1. The Hall–Kier alpha value is -1.31. The van der Waals surface area contributed by atoms with E-state index in [1.54, 1.807) is 0 Å². The van der Waals surface area contributed by atoms with Crippen LogP contribution in [0.4, 0.5) is 5.69 Å². The number of hydrazine groups is 1. The summed E-state index contributed by atoms with van der Waals surface area (Å²) in [6.45, 7) is 0. The molecule has 0 radical (unpaired) electrons. The summed E-state index contributed by atoms with van der Waals surface area (Å²) < 4.78 is 0. The first-order valence-electron chi connectivity index (χ1n) is 4.10. The number of thioether (sulfide) groups is 1. The van der Waals surface area contributed by atoms with Crippen LogP contribution in [-0.4, -0.2) is 16.6 Å². The topological polar surface area (TPSA) is 98.3 Å². The van der Waals surface area contributed by atoms with E-state index in [4.69, 9.17) is 17.4 Å². The molecule has 0 aromatic heterocycles. The van der Waals surface area contributed by atoms with Crippen LogP contribution >= 0.6 is 23.4 Å². The summed E-state index contributed by atoms with van der Waals surface area (Å²) in [5.74, 6) is 4.66. The van der Waals surface area contributed by atoms with Crippen LogP contribution in [0.25, 0.3) is 0 Å². The quantitative estimate of drug-likeness (QED) is 0.280. The summed E-state index contributed by atoms with van der Waals surface area (Å²) in [6.07, 6.45) is 0.